The summed E-state index contributed by atoms with van der Waals surface area (Å²) in [6, 6.07) is 5.43. The molecule has 0 bridgehead atoms. The van der Waals surface area contributed by atoms with Crippen LogP contribution in [0.3, 0.4) is 0 Å². The van der Waals surface area contributed by atoms with Crippen LogP contribution in [-0.2, 0) is 10.0 Å². The third-order valence-corrected chi connectivity index (χ3v) is 4.58. The lowest BCUT2D eigenvalue weighted by molar-refractivity contribution is 0.578. The molecule has 17 heavy (non-hydrogen) atoms. The van der Waals surface area contributed by atoms with Gasteiger partial charge < -0.3 is 0 Å². The molecule has 0 atom stereocenters. The van der Waals surface area contributed by atoms with E-state index in [1.807, 2.05) is 26.8 Å². The minimum absolute atomic E-state index is 0.163. The molecule has 1 aromatic carbocycles. The minimum atomic E-state index is -3.23. The molecule has 1 aromatic rings. The fourth-order valence-electron chi connectivity index (χ4n) is 1.28. The summed E-state index contributed by atoms with van der Waals surface area (Å²) >= 11 is 3.38. The molecule has 96 valence electrons. The van der Waals surface area contributed by atoms with Gasteiger partial charge in [-0.05, 0) is 37.0 Å². The monoisotopic (exact) mass is 319 g/mol. The normalized spacial score (nSPS) is 11.8. The van der Waals surface area contributed by atoms with Crippen molar-refractivity contribution in [1.29, 1.82) is 0 Å². The Kier molecular flexibility index (Phi) is 5.01. The van der Waals surface area contributed by atoms with Crippen molar-refractivity contribution in [2.24, 2.45) is 5.92 Å². The average molecular weight is 320 g/mol. The Morgan fingerprint density at radius 1 is 1.35 bits per heavy atom. The van der Waals surface area contributed by atoms with Crippen molar-refractivity contribution in [3.05, 3.63) is 28.2 Å². The van der Waals surface area contributed by atoms with E-state index in [-0.39, 0.29) is 5.75 Å². The fourth-order valence-corrected chi connectivity index (χ4v) is 3.03. The van der Waals surface area contributed by atoms with Crippen molar-refractivity contribution in [2.45, 2.75) is 27.2 Å². The van der Waals surface area contributed by atoms with Crippen LogP contribution in [0.5, 0.6) is 0 Å². The molecule has 0 aliphatic rings. The predicted molar refractivity (Wildman–Crippen MR) is 75.7 cm³/mol. The Morgan fingerprint density at radius 2 is 2.00 bits per heavy atom. The number of nitrogens with one attached hydrogen (secondary N) is 1. The van der Waals surface area contributed by atoms with Gasteiger partial charge in [0.05, 0.1) is 5.75 Å². The molecule has 0 radical (unpaired) electrons. The van der Waals surface area contributed by atoms with E-state index >= 15 is 0 Å². The second kappa shape index (κ2) is 5.87. The van der Waals surface area contributed by atoms with Gasteiger partial charge >= 0.3 is 0 Å². The van der Waals surface area contributed by atoms with Gasteiger partial charge in [-0.2, -0.15) is 0 Å². The Hall–Kier alpha value is -0.550. The Bertz CT molecular complexity index is 483. The van der Waals surface area contributed by atoms with Crippen LogP contribution < -0.4 is 4.72 Å². The number of aryl methyl sites for hydroxylation is 1. The van der Waals surface area contributed by atoms with E-state index in [0.717, 1.165) is 10.0 Å². The molecule has 0 saturated carbocycles. The molecular formula is C12H18BrNO2S. The number of benzene rings is 1. The summed E-state index contributed by atoms with van der Waals surface area (Å²) in [5.74, 6) is 0.548. The van der Waals surface area contributed by atoms with Crippen molar-refractivity contribution in [3.63, 3.8) is 0 Å². The number of anilines is 1. The Labute approximate surface area is 112 Å². The SMILES string of the molecule is Cc1ccc(NS(=O)(=O)CCC(C)C)cc1Br. The molecule has 0 unspecified atom stereocenters. The summed E-state index contributed by atoms with van der Waals surface area (Å²) < 4.78 is 27.0. The molecule has 0 amide bonds. The van der Waals surface area contributed by atoms with Crippen LogP contribution in [-0.4, -0.2) is 14.2 Å². The van der Waals surface area contributed by atoms with Gasteiger partial charge in [0.25, 0.3) is 0 Å². The van der Waals surface area contributed by atoms with Crippen LogP contribution in [0.25, 0.3) is 0 Å². The maximum Gasteiger partial charge on any atom is 0.232 e. The quantitative estimate of drug-likeness (QED) is 0.902. The number of hydrogen-bond acceptors (Lipinski definition) is 2. The van der Waals surface area contributed by atoms with E-state index in [1.165, 1.54) is 0 Å². The van der Waals surface area contributed by atoms with E-state index in [2.05, 4.69) is 20.7 Å². The van der Waals surface area contributed by atoms with Crippen molar-refractivity contribution in [2.75, 3.05) is 10.5 Å². The van der Waals surface area contributed by atoms with Gasteiger partial charge in [-0.3, -0.25) is 4.72 Å². The van der Waals surface area contributed by atoms with Crippen molar-refractivity contribution < 1.29 is 8.42 Å². The maximum atomic E-state index is 11.8. The van der Waals surface area contributed by atoms with Crippen LogP contribution in [0.4, 0.5) is 5.69 Å². The van der Waals surface area contributed by atoms with E-state index in [0.29, 0.717) is 18.0 Å². The number of sulfonamides is 1. The highest BCUT2D eigenvalue weighted by atomic mass is 79.9. The lowest BCUT2D eigenvalue weighted by atomic mass is 10.2. The van der Waals surface area contributed by atoms with Crippen LogP contribution in [0.15, 0.2) is 22.7 Å². The van der Waals surface area contributed by atoms with Crippen molar-refractivity contribution in [3.8, 4) is 0 Å². The summed E-state index contributed by atoms with van der Waals surface area (Å²) in [5, 5.41) is 0. The first-order chi connectivity index (χ1) is 7.80. The highest BCUT2D eigenvalue weighted by molar-refractivity contribution is 9.10. The first-order valence-corrected chi connectivity index (χ1v) is 8.01. The van der Waals surface area contributed by atoms with Crippen LogP contribution in [0.2, 0.25) is 0 Å². The molecule has 0 aromatic heterocycles. The van der Waals surface area contributed by atoms with Gasteiger partial charge in [0.1, 0.15) is 0 Å². The summed E-state index contributed by atoms with van der Waals surface area (Å²) in [6.45, 7) is 5.98. The summed E-state index contributed by atoms with van der Waals surface area (Å²) in [6.07, 6.45) is 0.669. The van der Waals surface area contributed by atoms with Gasteiger partial charge in [-0.15, -0.1) is 0 Å². The molecule has 0 aliphatic heterocycles. The number of halogens is 1. The van der Waals surface area contributed by atoms with E-state index in [9.17, 15) is 8.42 Å². The number of rotatable bonds is 5. The summed E-state index contributed by atoms with van der Waals surface area (Å²) in [7, 11) is -3.23. The summed E-state index contributed by atoms with van der Waals surface area (Å²) in [4.78, 5) is 0. The average Bonchev–Trinajstić information content (AvgIpc) is 2.21. The van der Waals surface area contributed by atoms with Gasteiger partial charge in [0.15, 0.2) is 0 Å². The second-order valence-electron chi connectivity index (χ2n) is 4.57. The Balaban J connectivity index is 2.73. The van der Waals surface area contributed by atoms with E-state index in [4.69, 9.17) is 0 Å². The molecule has 0 heterocycles. The van der Waals surface area contributed by atoms with Gasteiger partial charge in [-0.25, -0.2) is 8.42 Å². The van der Waals surface area contributed by atoms with Crippen molar-refractivity contribution >= 4 is 31.6 Å². The molecule has 0 saturated heterocycles. The molecule has 0 aliphatic carbocycles. The molecular weight excluding hydrogens is 302 g/mol. The highest BCUT2D eigenvalue weighted by Gasteiger charge is 2.11. The zero-order valence-corrected chi connectivity index (χ0v) is 12.7. The second-order valence-corrected chi connectivity index (χ2v) is 7.26. The highest BCUT2D eigenvalue weighted by Crippen LogP contribution is 2.21. The first-order valence-electron chi connectivity index (χ1n) is 5.57. The zero-order valence-electron chi connectivity index (χ0n) is 10.3. The molecule has 1 N–H and O–H groups in total. The molecule has 0 spiro atoms. The van der Waals surface area contributed by atoms with Crippen molar-refractivity contribution in [1.82, 2.24) is 0 Å². The van der Waals surface area contributed by atoms with Gasteiger partial charge in [-0.1, -0.05) is 35.8 Å². The lowest BCUT2D eigenvalue weighted by Gasteiger charge is -2.10. The van der Waals surface area contributed by atoms with Gasteiger partial charge in [0.2, 0.25) is 10.0 Å². The topological polar surface area (TPSA) is 46.2 Å². The first kappa shape index (κ1) is 14.5. The molecule has 5 heteroatoms. The Morgan fingerprint density at radius 3 is 2.53 bits per heavy atom. The third-order valence-electron chi connectivity index (χ3n) is 2.41. The smallest absolute Gasteiger partial charge is 0.232 e. The largest absolute Gasteiger partial charge is 0.284 e. The minimum Gasteiger partial charge on any atom is -0.284 e. The molecule has 0 fully saturated rings. The molecule has 3 nitrogen and oxygen atoms in total. The van der Waals surface area contributed by atoms with Gasteiger partial charge in [0, 0.05) is 10.2 Å². The lowest BCUT2D eigenvalue weighted by Crippen LogP contribution is -2.17. The third kappa shape index (κ3) is 5.08. The van der Waals surface area contributed by atoms with Crippen LogP contribution >= 0.6 is 15.9 Å². The summed E-state index contributed by atoms with van der Waals surface area (Å²) in [5.41, 5.74) is 1.68. The van der Waals surface area contributed by atoms with E-state index < -0.39 is 10.0 Å². The maximum absolute atomic E-state index is 11.8. The standard InChI is InChI=1S/C12H18BrNO2S/c1-9(2)6-7-17(15,16)14-11-5-4-10(3)12(13)8-11/h4-5,8-9,14H,6-7H2,1-3H3. The van der Waals surface area contributed by atoms with Crippen LogP contribution in [0.1, 0.15) is 25.8 Å². The fraction of sp³-hybridized carbons (Fsp3) is 0.500. The van der Waals surface area contributed by atoms with E-state index in [1.54, 1.807) is 12.1 Å². The number of hydrogen-bond donors (Lipinski definition) is 1. The zero-order chi connectivity index (χ0) is 13.1. The van der Waals surface area contributed by atoms with Crippen LogP contribution in [0, 0.1) is 12.8 Å². The molecule has 1 rings (SSSR count). The predicted octanol–water partition coefficient (Wildman–Crippen LogP) is 3.55.